The predicted octanol–water partition coefficient (Wildman–Crippen LogP) is 6.00. The van der Waals surface area contributed by atoms with E-state index < -0.39 is 23.8 Å². The van der Waals surface area contributed by atoms with E-state index in [1.54, 1.807) is 41.6 Å². The zero-order valence-electron chi connectivity index (χ0n) is 24.7. The maximum Gasteiger partial charge on any atom is 0.435 e. The van der Waals surface area contributed by atoms with Crippen LogP contribution < -0.4 is 5.32 Å². The summed E-state index contributed by atoms with van der Waals surface area (Å²) in [5.41, 5.74) is 2.78. The Labute approximate surface area is 252 Å². The number of aromatic nitrogens is 4. The molecule has 1 aliphatic rings. The van der Waals surface area contributed by atoms with E-state index in [-0.39, 0.29) is 29.1 Å². The first kappa shape index (κ1) is 30.5. The van der Waals surface area contributed by atoms with Crippen LogP contribution in [0, 0.1) is 13.8 Å². The topological polar surface area (TPSA) is 85.0 Å². The van der Waals surface area contributed by atoms with Gasteiger partial charge in [0, 0.05) is 54.1 Å². The summed E-state index contributed by atoms with van der Waals surface area (Å²) in [5, 5.41) is 8.70. The average Bonchev–Trinajstić information content (AvgIpc) is 3.71. The summed E-state index contributed by atoms with van der Waals surface area (Å²) >= 11 is 1.68. The van der Waals surface area contributed by atoms with Crippen LogP contribution in [0.1, 0.15) is 70.1 Å². The van der Waals surface area contributed by atoms with E-state index in [9.17, 15) is 22.8 Å². The van der Waals surface area contributed by atoms with Crippen LogP contribution in [0.15, 0.2) is 42.2 Å². The van der Waals surface area contributed by atoms with Crippen LogP contribution in [0.25, 0.3) is 11.1 Å². The molecule has 4 aromatic rings. The number of carbonyl (C=O) groups excluding carboxylic acids is 2. The lowest BCUT2D eigenvalue weighted by atomic mass is 9.98. The molecule has 0 saturated heterocycles. The van der Waals surface area contributed by atoms with Gasteiger partial charge in [-0.1, -0.05) is 13.3 Å². The zero-order chi connectivity index (χ0) is 30.9. The fourth-order valence-corrected chi connectivity index (χ4v) is 6.31. The smallest absolute Gasteiger partial charge is 0.340 e. The Balaban J connectivity index is 1.49. The fourth-order valence-electron chi connectivity index (χ4n) is 5.42. The molecule has 0 spiro atoms. The van der Waals surface area contributed by atoms with Crippen molar-refractivity contribution in [3.05, 3.63) is 80.8 Å². The minimum absolute atomic E-state index is 0.107. The lowest BCUT2D eigenvalue weighted by Crippen LogP contribution is -2.49. The van der Waals surface area contributed by atoms with Gasteiger partial charge >= 0.3 is 6.18 Å². The Morgan fingerprint density at radius 3 is 2.63 bits per heavy atom. The van der Waals surface area contributed by atoms with Crippen molar-refractivity contribution >= 4 is 23.2 Å². The number of benzene rings is 1. The first-order valence-corrected chi connectivity index (χ1v) is 15.3. The van der Waals surface area contributed by atoms with Crippen LogP contribution in [0.2, 0.25) is 0 Å². The summed E-state index contributed by atoms with van der Waals surface area (Å²) in [6, 6.07) is 6.04. The van der Waals surface area contributed by atoms with Gasteiger partial charge in [-0.25, -0.2) is 4.98 Å². The Kier molecular flexibility index (Phi) is 8.77. The van der Waals surface area contributed by atoms with Crippen molar-refractivity contribution in [1.29, 1.82) is 0 Å². The molecule has 12 heteroatoms. The number of thiophene rings is 1. The summed E-state index contributed by atoms with van der Waals surface area (Å²) in [7, 11) is 0. The van der Waals surface area contributed by atoms with Gasteiger partial charge in [-0.2, -0.15) is 18.3 Å². The van der Waals surface area contributed by atoms with Gasteiger partial charge < -0.3 is 14.8 Å². The molecule has 0 saturated carbocycles. The van der Waals surface area contributed by atoms with Crippen LogP contribution in [0.4, 0.5) is 13.2 Å². The van der Waals surface area contributed by atoms with E-state index in [0.29, 0.717) is 38.0 Å². The van der Waals surface area contributed by atoms with Crippen molar-refractivity contribution in [2.75, 3.05) is 6.54 Å². The van der Waals surface area contributed by atoms with Gasteiger partial charge in [0.25, 0.3) is 5.91 Å². The van der Waals surface area contributed by atoms with Gasteiger partial charge in [-0.15, -0.1) is 11.3 Å². The molecule has 0 fully saturated rings. The minimum Gasteiger partial charge on any atom is -0.340 e. The maximum absolute atomic E-state index is 14.0. The second kappa shape index (κ2) is 12.4. The summed E-state index contributed by atoms with van der Waals surface area (Å²) in [6.07, 6.45) is 0.233. The highest BCUT2D eigenvalue weighted by molar-refractivity contribution is 7.10. The van der Waals surface area contributed by atoms with E-state index in [1.165, 1.54) is 21.8 Å². The molecule has 1 atom stereocenters. The van der Waals surface area contributed by atoms with Crippen molar-refractivity contribution in [2.24, 2.45) is 0 Å². The van der Waals surface area contributed by atoms with Crippen molar-refractivity contribution in [1.82, 2.24) is 29.5 Å². The lowest BCUT2D eigenvalue weighted by Gasteiger charge is -2.31. The second-order valence-corrected chi connectivity index (χ2v) is 11.9. The number of nitrogens with zero attached hydrogens (tertiary/aromatic N) is 5. The number of halogens is 3. The zero-order valence-corrected chi connectivity index (χ0v) is 25.5. The molecule has 1 aliphatic heterocycles. The summed E-state index contributed by atoms with van der Waals surface area (Å²) in [5.74, 6) is -0.672. The normalized spacial score (nSPS) is 14.1. The SMILES string of the molecule is CCCC(NC(=O)c1cc(Cn2cnc(C)c2C)cc(-c2cn(CC)nc2C(F)(F)F)c1)C(=O)N1CCc2sccc2C1. The molecule has 4 heterocycles. The number of nitrogens with one attached hydrogen (secondary N) is 1. The molecule has 1 unspecified atom stereocenters. The number of imidazole rings is 1. The van der Waals surface area contributed by atoms with E-state index >= 15 is 0 Å². The van der Waals surface area contributed by atoms with Crippen molar-refractivity contribution in [3.63, 3.8) is 0 Å². The van der Waals surface area contributed by atoms with Crippen molar-refractivity contribution in [3.8, 4) is 11.1 Å². The maximum atomic E-state index is 14.0. The van der Waals surface area contributed by atoms with E-state index in [1.807, 2.05) is 36.8 Å². The summed E-state index contributed by atoms with van der Waals surface area (Å²) in [6.45, 7) is 9.08. The standard InChI is InChI=1S/C31H35F3N6O2S/c1-5-7-26(30(42)38-10-8-27-22(16-38)9-11-43-27)36-29(41)24-13-21(15-39-18-35-19(3)20(39)4)12-23(14-24)25-17-40(6-2)37-28(25)31(32,33)34/h9,11-14,17-18,26H,5-8,10,15-16H2,1-4H3,(H,36,41). The first-order chi connectivity index (χ1) is 20.5. The number of alkyl halides is 3. The average molecular weight is 613 g/mol. The van der Waals surface area contributed by atoms with Gasteiger partial charge in [0.15, 0.2) is 5.69 Å². The molecule has 8 nitrogen and oxygen atoms in total. The van der Waals surface area contributed by atoms with E-state index in [0.717, 1.165) is 23.4 Å². The highest BCUT2D eigenvalue weighted by Crippen LogP contribution is 2.37. The molecule has 0 radical (unpaired) electrons. The van der Waals surface area contributed by atoms with Gasteiger partial charge in [-0.3, -0.25) is 14.3 Å². The quantitative estimate of drug-likeness (QED) is 0.252. The third-order valence-corrected chi connectivity index (χ3v) is 8.94. The molecule has 3 aromatic heterocycles. The third kappa shape index (κ3) is 6.53. The molecule has 1 N–H and O–H groups in total. The van der Waals surface area contributed by atoms with Crippen LogP contribution in [0.5, 0.6) is 0 Å². The first-order valence-electron chi connectivity index (χ1n) is 14.4. The number of rotatable bonds is 9. The largest absolute Gasteiger partial charge is 0.435 e. The highest BCUT2D eigenvalue weighted by atomic mass is 32.1. The molecule has 1 aromatic carbocycles. The number of hydrogen-bond acceptors (Lipinski definition) is 5. The second-order valence-electron chi connectivity index (χ2n) is 10.9. The number of carbonyl (C=O) groups is 2. The molecular formula is C31H35F3N6O2S. The Morgan fingerprint density at radius 2 is 1.95 bits per heavy atom. The summed E-state index contributed by atoms with van der Waals surface area (Å²) in [4.78, 5) is 34.7. The minimum atomic E-state index is -4.68. The molecule has 5 rings (SSSR count). The van der Waals surface area contributed by atoms with Crippen LogP contribution in [-0.4, -0.2) is 48.6 Å². The highest BCUT2D eigenvalue weighted by Gasteiger charge is 2.38. The molecule has 2 amide bonds. The Bertz CT molecular complexity index is 1640. The predicted molar refractivity (Wildman–Crippen MR) is 159 cm³/mol. The van der Waals surface area contributed by atoms with Crippen LogP contribution >= 0.6 is 11.3 Å². The van der Waals surface area contributed by atoms with Gasteiger partial charge in [0.05, 0.1) is 12.0 Å². The van der Waals surface area contributed by atoms with Gasteiger partial charge in [0.1, 0.15) is 6.04 Å². The van der Waals surface area contributed by atoms with E-state index in [2.05, 4.69) is 15.4 Å². The molecular weight excluding hydrogens is 577 g/mol. The van der Waals surface area contributed by atoms with Crippen LogP contribution in [-0.2, 0) is 37.0 Å². The number of amides is 2. The molecule has 0 bridgehead atoms. The summed E-state index contributed by atoms with van der Waals surface area (Å²) < 4.78 is 45.2. The van der Waals surface area contributed by atoms with Crippen LogP contribution in [0.3, 0.4) is 0 Å². The monoisotopic (exact) mass is 612 g/mol. The lowest BCUT2D eigenvalue weighted by molar-refractivity contribution is -0.141. The van der Waals surface area contributed by atoms with Gasteiger partial charge in [-0.05, 0) is 79.9 Å². The Morgan fingerprint density at radius 1 is 1.16 bits per heavy atom. The third-order valence-electron chi connectivity index (χ3n) is 7.92. The van der Waals surface area contributed by atoms with Crippen molar-refractivity contribution < 1.29 is 22.8 Å². The number of hydrogen-bond donors (Lipinski definition) is 1. The van der Waals surface area contributed by atoms with Gasteiger partial charge in [0.2, 0.25) is 5.91 Å². The molecule has 228 valence electrons. The molecule has 43 heavy (non-hydrogen) atoms. The Hall–Kier alpha value is -3.93. The molecule has 0 aliphatic carbocycles. The number of aryl methyl sites for hydroxylation is 2. The van der Waals surface area contributed by atoms with Crippen molar-refractivity contribution in [2.45, 2.75) is 78.8 Å². The van der Waals surface area contributed by atoms with E-state index in [4.69, 9.17) is 0 Å². The number of fused-ring (bicyclic) bond motifs is 1. The fraction of sp³-hybridized carbons (Fsp3) is 0.419.